The number of hydrogen-bond donors (Lipinski definition) is 1. The molecule has 20 heavy (non-hydrogen) atoms. The van der Waals surface area contributed by atoms with Crippen LogP contribution in [0.5, 0.6) is 0 Å². The van der Waals surface area contributed by atoms with Crippen molar-refractivity contribution >= 4 is 0 Å². The van der Waals surface area contributed by atoms with Crippen molar-refractivity contribution in [3.05, 3.63) is 35.4 Å². The van der Waals surface area contributed by atoms with E-state index >= 15 is 0 Å². The van der Waals surface area contributed by atoms with Crippen LogP contribution < -0.4 is 5.32 Å². The van der Waals surface area contributed by atoms with Gasteiger partial charge in [-0.25, -0.2) is 0 Å². The minimum absolute atomic E-state index is 0.256. The zero-order valence-electron chi connectivity index (χ0n) is 13.2. The molecule has 2 aliphatic heterocycles. The van der Waals surface area contributed by atoms with Crippen molar-refractivity contribution in [3.63, 3.8) is 0 Å². The smallest absolute Gasteiger partial charge is 0.0233 e. The fourth-order valence-electron chi connectivity index (χ4n) is 3.62. The van der Waals surface area contributed by atoms with E-state index < -0.39 is 0 Å². The van der Waals surface area contributed by atoms with Crippen molar-refractivity contribution in [1.82, 2.24) is 10.2 Å². The van der Waals surface area contributed by atoms with Crippen LogP contribution in [0.1, 0.15) is 38.3 Å². The van der Waals surface area contributed by atoms with Gasteiger partial charge in [-0.1, -0.05) is 45.0 Å². The first-order valence-corrected chi connectivity index (χ1v) is 8.05. The summed E-state index contributed by atoms with van der Waals surface area (Å²) in [7, 11) is 0. The average Bonchev–Trinajstić information content (AvgIpc) is 2.86. The van der Waals surface area contributed by atoms with Crippen LogP contribution in [0.25, 0.3) is 0 Å². The van der Waals surface area contributed by atoms with Gasteiger partial charge < -0.3 is 5.32 Å². The summed E-state index contributed by atoms with van der Waals surface area (Å²) in [6.07, 6.45) is 1.37. The zero-order valence-corrected chi connectivity index (χ0v) is 13.2. The predicted octanol–water partition coefficient (Wildman–Crippen LogP) is 3.03. The lowest BCUT2D eigenvalue weighted by Crippen LogP contribution is -2.39. The molecule has 0 amide bonds. The summed E-state index contributed by atoms with van der Waals surface area (Å²) >= 11 is 0. The molecule has 2 atom stereocenters. The Balaban J connectivity index is 1.60. The molecule has 2 nitrogen and oxygen atoms in total. The first-order valence-electron chi connectivity index (χ1n) is 8.05. The second kappa shape index (κ2) is 5.50. The molecule has 0 saturated carbocycles. The van der Waals surface area contributed by atoms with Crippen LogP contribution in [0, 0.1) is 11.8 Å². The summed E-state index contributed by atoms with van der Waals surface area (Å²) in [6, 6.07) is 9.25. The van der Waals surface area contributed by atoms with E-state index in [1.807, 2.05) is 0 Å². The SMILES string of the molecule is CC(C)(C)c1ccc(CN2CCC3CNCC3C2)cc1. The Morgan fingerprint density at radius 3 is 2.50 bits per heavy atom. The van der Waals surface area contributed by atoms with Crippen LogP contribution >= 0.6 is 0 Å². The van der Waals surface area contributed by atoms with Crippen LogP contribution in [-0.4, -0.2) is 31.1 Å². The molecule has 2 unspecified atom stereocenters. The van der Waals surface area contributed by atoms with Gasteiger partial charge in [-0.05, 0) is 54.4 Å². The van der Waals surface area contributed by atoms with Crippen molar-refractivity contribution in [2.75, 3.05) is 26.2 Å². The maximum absolute atomic E-state index is 3.55. The standard InChI is InChI=1S/C18H28N2/c1-18(2,3)17-6-4-14(5-7-17)12-20-9-8-15-10-19-11-16(15)13-20/h4-7,15-16,19H,8-13H2,1-3H3. The summed E-state index contributed by atoms with van der Waals surface area (Å²) in [5.41, 5.74) is 3.15. The van der Waals surface area contributed by atoms with Gasteiger partial charge in [-0.3, -0.25) is 4.90 Å². The molecule has 0 aromatic heterocycles. The van der Waals surface area contributed by atoms with Crippen LogP contribution in [0.4, 0.5) is 0 Å². The maximum Gasteiger partial charge on any atom is 0.0233 e. The number of nitrogens with one attached hydrogen (secondary N) is 1. The summed E-state index contributed by atoms with van der Waals surface area (Å²) in [4.78, 5) is 2.64. The Bertz CT molecular complexity index is 443. The lowest BCUT2D eigenvalue weighted by atomic mass is 9.86. The summed E-state index contributed by atoms with van der Waals surface area (Å²) in [5, 5.41) is 3.55. The molecule has 0 aliphatic carbocycles. The number of benzene rings is 1. The lowest BCUT2D eigenvalue weighted by Gasteiger charge is -2.34. The molecule has 2 heterocycles. The predicted molar refractivity (Wildman–Crippen MR) is 84.9 cm³/mol. The second-order valence-electron chi connectivity index (χ2n) is 7.65. The molecule has 2 heteroatoms. The molecule has 110 valence electrons. The van der Waals surface area contributed by atoms with E-state index in [1.54, 1.807) is 0 Å². The highest BCUT2D eigenvalue weighted by atomic mass is 15.1. The molecule has 2 aliphatic rings. The van der Waals surface area contributed by atoms with Crippen molar-refractivity contribution in [3.8, 4) is 0 Å². The first-order chi connectivity index (χ1) is 9.52. The molecular formula is C18H28N2. The van der Waals surface area contributed by atoms with Crippen molar-refractivity contribution < 1.29 is 0 Å². The minimum Gasteiger partial charge on any atom is -0.316 e. The van der Waals surface area contributed by atoms with E-state index in [9.17, 15) is 0 Å². The fraction of sp³-hybridized carbons (Fsp3) is 0.667. The Kier molecular flexibility index (Phi) is 3.87. The van der Waals surface area contributed by atoms with Gasteiger partial charge in [0.05, 0.1) is 0 Å². The number of nitrogens with zero attached hydrogens (tertiary/aromatic N) is 1. The van der Waals surface area contributed by atoms with Crippen LogP contribution in [0.15, 0.2) is 24.3 Å². The number of hydrogen-bond acceptors (Lipinski definition) is 2. The minimum atomic E-state index is 0.256. The molecule has 1 N–H and O–H groups in total. The number of fused-ring (bicyclic) bond motifs is 1. The highest BCUT2D eigenvalue weighted by molar-refractivity contribution is 5.27. The Morgan fingerprint density at radius 2 is 1.80 bits per heavy atom. The molecule has 1 aromatic carbocycles. The third-order valence-electron chi connectivity index (χ3n) is 5.01. The van der Waals surface area contributed by atoms with Gasteiger partial charge in [-0.15, -0.1) is 0 Å². The summed E-state index contributed by atoms with van der Waals surface area (Å²) < 4.78 is 0. The molecular weight excluding hydrogens is 244 g/mol. The first kappa shape index (κ1) is 14.1. The quantitative estimate of drug-likeness (QED) is 0.890. The average molecular weight is 272 g/mol. The van der Waals surface area contributed by atoms with E-state index in [0.717, 1.165) is 18.4 Å². The fourth-order valence-corrected chi connectivity index (χ4v) is 3.62. The molecule has 1 aromatic rings. The van der Waals surface area contributed by atoms with E-state index in [4.69, 9.17) is 0 Å². The highest BCUT2D eigenvalue weighted by Crippen LogP contribution is 2.28. The van der Waals surface area contributed by atoms with Gasteiger partial charge in [0, 0.05) is 13.1 Å². The highest BCUT2D eigenvalue weighted by Gasteiger charge is 2.32. The van der Waals surface area contributed by atoms with Gasteiger partial charge in [0.2, 0.25) is 0 Å². The van der Waals surface area contributed by atoms with Gasteiger partial charge in [0.1, 0.15) is 0 Å². The number of likely N-dealkylation sites (tertiary alicyclic amines) is 1. The van der Waals surface area contributed by atoms with E-state index in [1.165, 1.54) is 43.7 Å². The van der Waals surface area contributed by atoms with Crippen molar-refractivity contribution in [2.24, 2.45) is 11.8 Å². The molecule has 3 rings (SSSR count). The molecule has 0 radical (unpaired) electrons. The Hall–Kier alpha value is -0.860. The largest absolute Gasteiger partial charge is 0.316 e. The zero-order chi connectivity index (χ0) is 14.2. The van der Waals surface area contributed by atoms with Gasteiger partial charge in [-0.2, -0.15) is 0 Å². The maximum atomic E-state index is 3.55. The second-order valence-corrected chi connectivity index (χ2v) is 7.65. The molecule has 0 spiro atoms. The molecule has 2 fully saturated rings. The lowest BCUT2D eigenvalue weighted by molar-refractivity contribution is 0.142. The third-order valence-corrected chi connectivity index (χ3v) is 5.01. The van der Waals surface area contributed by atoms with Crippen LogP contribution in [0.2, 0.25) is 0 Å². The Labute approximate surface area is 123 Å². The van der Waals surface area contributed by atoms with Crippen LogP contribution in [0.3, 0.4) is 0 Å². The van der Waals surface area contributed by atoms with Gasteiger partial charge >= 0.3 is 0 Å². The third kappa shape index (κ3) is 3.07. The normalized spacial score (nSPS) is 27.6. The summed E-state index contributed by atoms with van der Waals surface area (Å²) in [5.74, 6) is 1.83. The van der Waals surface area contributed by atoms with Crippen LogP contribution in [-0.2, 0) is 12.0 Å². The van der Waals surface area contributed by atoms with Crippen molar-refractivity contribution in [1.29, 1.82) is 0 Å². The number of rotatable bonds is 2. The van der Waals surface area contributed by atoms with Gasteiger partial charge in [0.15, 0.2) is 0 Å². The van der Waals surface area contributed by atoms with E-state index in [2.05, 4.69) is 55.3 Å². The Morgan fingerprint density at radius 1 is 1.10 bits per heavy atom. The van der Waals surface area contributed by atoms with E-state index in [0.29, 0.717) is 0 Å². The molecule has 2 saturated heterocycles. The topological polar surface area (TPSA) is 15.3 Å². The molecule has 0 bridgehead atoms. The van der Waals surface area contributed by atoms with Crippen molar-refractivity contribution in [2.45, 2.75) is 39.2 Å². The summed E-state index contributed by atoms with van der Waals surface area (Å²) in [6.45, 7) is 13.0. The number of piperidine rings is 1. The monoisotopic (exact) mass is 272 g/mol. The van der Waals surface area contributed by atoms with Gasteiger partial charge in [0.25, 0.3) is 0 Å². The van der Waals surface area contributed by atoms with E-state index in [-0.39, 0.29) is 5.41 Å².